The van der Waals surface area contributed by atoms with Gasteiger partial charge in [-0.1, -0.05) is 24.3 Å². The van der Waals surface area contributed by atoms with Crippen LogP contribution in [0.3, 0.4) is 0 Å². The lowest BCUT2D eigenvalue weighted by atomic mass is 9.98. The maximum Gasteiger partial charge on any atom is 0.339 e. The zero-order chi connectivity index (χ0) is 14.1. The number of nitrogens with zero attached hydrogens (tertiary/aromatic N) is 1. The van der Waals surface area contributed by atoms with E-state index in [9.17, 15) is 9.18 Å². The van der Waals surface area contributed by atoms with Gasteiger partial charge in [-0.15, -0.1) is 0 Å². The molecule has 0 radical (unpaired) electrons. The molecule has 0 aliphatic carbocycles. The quantitative estimate of drug-likeness (QED) is 0.769. The van der Waals surface area contributed by atoms with Gasteiger partial charge in [0.15, 0.2) is 0 Å². The second-order valence-electron chi connectivity index (χ2n) is 4.38. The number of carbonyl (C=O) groups is 1. The number of rotatable bonds is 2. The first-order valence-electron chi connectivity index (χ1n) is 6.04. The number of carboxylic acids is 1. The maximum absolute atomic E-state index is 13.7. The molecule has 1 aromatic heterocycles. The highest BCUT2D eigenvalue weighted by Crippen LogP contribution is 2.28. The lowest BCUT2D eigenvalue weighted by Crippen LogP contribution is -2.03. The molecule has 2 aromatic carbocycles. The van der Waals surface area contributed by atoms with Gasteiger partial charge in [-0.05, 0) is 35.4 Å². The van der Waals surface area contributed by atoms with Gasteiger partial charge in [0.05, 0.1) is 5.52 Å². The van der Waals surface area contributed by atoms with Crippen molar-refractivity contribution in [3.05, 3.63) is 66.1 Å². The van der Waals surface area contributed by atoms with Gasteiger partial charge in [-0.25, -0.2) is 9.18 Å². The number of fused-ring (bicyclic) bond motifs is 1. The summed E-state index contributed by atoms with van der Waals surface area (Å²) in [5, 5.41) is 10.0. The van der Waals surface area contributed by atoms with Crippen LogP contribution in [-0.4, -0.2) is 16.1 Å². The van der Waals surface area contributed by atoms with E-state index in [1.807, 2.05) is 12.1 Å². The van der Waals surface area contributed by atoms with E-state index in [4.69, 9.17) is 5.11 Å². The number of halogens is 1. The molecular weight excluding hydrogens is 257 g/mol. The Kier molecular flexibility index (Phi) is 2.91. The van der Waals surface area contributed by atoms with E-state index >= 15 is 0 Å². The van der Waals surface area contributed by atoms with Gasteiger partial charge in [-0.2, -0.15) is 0 Å². The van der Waals surface area contributed by atoms with E-state index in [0.29, 0.717) is 11.1 Å². The average molecular weight is 267 g/mol. The third kappa shape index (κ3) is 2.01. The van der Waals surface area contributed by atoms with Gasteiger partial charge in [0.25, 0.3) is 0 Å². The molecule has 0 fully saturated rings. The van der Waals surface area contributed by atoms with Crippen LogP contribution in [0.25, 0.3) is 22.0 Å². The SMILES string of the molecule is O=C(O)c1c(F)cccc1-c1ccc2ncccc2c1. The minimum absolute atomic E-state index is 0.309. The van der Waals surface area contributed by atoms with Crippen molar-refractivity contribution in [2.45, 2.75) is 0 Å². The average Bonchev–Trinajstić information content (AvgIpc) is 2.46. The number of hydrogen-bond acceptors (Lipinski definition) is 2. The van der Waals surface area contributed by atoms with Crippen LogP contribution in [-0.2, 0) is 0 Å². The standard InChI is InChI=1S/C16H10FNO2/c17-13-5-1-4-12(15(13)16(19)20)10-6-7-14-11(9-10)3-2-8-18-14/h1-9H,(H,19,20). The van der Waals surface area contributed by atoms with E-state index < -0.39 is 11.8 Å². The number of benzene rings is 2. The van der Waals surface area contributed by atoms with Crippen molar-refractivity contribution in [3.8, 4) is 11.1 Å². The van der Waals surface area contributed by atoms with Gasteiger partial charge in [-0.3, -0.25) is 4.98 Å². The summed E-state index contributed by atoms with van der Waals surface area (Å²) in [5.74, 6) is -2.01. The molecule has 4 heteroatoms. The summed E-state index contributed by atoms with van der Waals surface area (Å²) < 4.78 is 13.7. The molecule has 3 nitrogen and oxygen atoms in total. The highest BCUT2D eigenvalue weighted by atomic mass is 19.1. The second-order valence-corrected chi connectivity index (χ2v) is 4.38. The maximum atomic E-state index is 13.7. The van der Waals surface area contributed by atoms with Crippen LogP contribution in [0.1, 0.15) is 10.4 Å². The van der Waals surface area contributed by atoms with E-state index in [-0.39, 0.29) is 5.56 Å². The molecule has 0 unspecified atom stereocenters. The monoisotopic (exact) mass is 267 g/mol. The van der Waals surface area contributed by atoms with Crippen molar-refractivity contribution in [3.63, 3.8) is 0 Å². The summed E-state index contributed by atoms with van der Waals surface area (Å²) in [6, 6.07) is 13.3. The first kappa shape index (κ1) is 12.3. The van der Waals surface area contributed by atoms with Crippen molar-refractivity contribution in [1.29, 1.82) is 0 Å². The van der Waals surface area contributed by atoms with Gasteiger partial charge in [0, 0.05) is 11.6 Å². The van der Waals surface area contributed by atoms with Crippen LogP contribution in [0.2, 0.25) is 0 Å². The number of aromatic carboxylic acids is 1. The molecule has 20 heavy (non-hydrogen) atoms. The molecule has 0 saturated heterocycles. The number of carboxylic acid groups (broad SMARTS) is 1. The highest BCUT2D eigenvalue weighted by molar-refractivity contribution is 5.97. The molecular formula is C16H10FNO2. The lowest BCUT2D eigenvalue weighted by Gasteiger charge is -2.08. The topological polar surface area (TPSA) is 50.2 Å². The molecule has 1 heterocycles. The minimum Gasteiger partial charge on any atom is -0.478 e. The largest absolute Gasteiger partial charge is 0.478 e. The van der Waals surface area contributed by atoms with Gasteiger partial charge in [0.2, 0.25) is 0 Å². The van der Waals surface area contributed by atoms with Crippen LogP contribution in [0.5, 0.6) is 0 Å². The van der Waals surface area contributed by atoms with E-state index in [1.54, 1.807) is 30.5 Å². The van der Waals surface area contributed by atoms with Gasteiger partial charge < -0.3 is 5.11 Å². The smallest absolute Gasteiger partial charge is 0.339 e. The Hall–Kier alpha value is -2.75. The molecule has 98 valence electrons. The van der Waals surface area contributed by atoms with Gasteiger partial charge >= 0.3 is 5.97 Å². The van der Waals surface area contributed by atoms with Crippen LogP contribution in [0, 0.1) is 5.82 Å². The molecule has 0 spiro atoms. The summed E-state index contributed by atoms with van der Waals surface area (Å²) in [5.41, 5.74) is 1.52. The summed E-state index contributed by atoms with van der Waals surface area (Å²) in [7, 11) is 0. The fourth-order valence-corrected chi connectivity index (χ4v) is 2.23. The first-order chi connectivity index (χ1) is 9.66. The Bertz CT molecular complexity index is 814. The van der Waals surface area contributed by atoms with Crippen molar-refractivity contribution in [1.82, 2.24) is 4.98 Å². The van der Waals surface area contributed by atoms with Crippen LogP contribution < -0.4 is 0 Å². The minimum atomic E-state index is -1.27. The molecule has 0 aliphatic rings. The first-order valence-corrected chi connectivity index (χ1v) is 6.04. The fourth-order valence-electron chi connectivity index (χ4n) is 2.23. The van der Waals surface area contributed by atoms with Crippen LogP contribution >= 0.6 is 0 Å². The van der Waals surface area contributed by atoms with Crippen molar-refractivity contribution in [2.24, 2.45) is 0 Å². The highest BCUT2D eigenvalue weighted by Gasteiger charge is 2.16. The number of hydrogen-bond donors (Lipinski definition) is 1. The predicted octanol–water partition coefficient (Wildman–Crippen LogP) is 3.74. The number of aromatic nitrogens is 1. The molecule has 3 rings (SSSR count). The summed E-state index contributed by atoms with van der Waals surface area (Å²) >= 11 is 0. The zero-order valence-corrected chi connectivity index (χ0v) is 10.4. The lowest BCUT2D eigenvalue weighted by molar-refractivity contribution is 0.0693. The zero-order valence-electron chi connectivity index (χ0n) is 10.4. The summed E-state index contributed by atoms with van der Waals surface area (Å²) in [4.78, 5) is 15.4. The van der Waals surface area contributed by atoms with Crippen molar-refractivity contribution in [2.75, 3.05) is 0 Å². The normalized spacial score (nSPS) is 10.7. The van der Waals surface area contributed by atoms with Crippen LogP contribution in [0.15, 0.2) is 54.7 Å². The second kappa shape index (κ2) is 4.74. The predicted molar refractivity (Wildman–Crippen MR) is 74.1 cm³/mol. The third-order valence-electron chi connectivity index (χ3n) is 3.14. The molecule has 0 amide bonds. The van der Waals surface area contributed by atoms with Crippen molar-refractivity contribution < 1.29 is 14.3 Å². The molecule has 0 atom stereocenters. The van der Waals surface area contributed by atoms with Crippen molar-refractivity contribution >= 4 is 16.9 Å². The van der Waals surface area contributed by atoms with E-state index in [1.165, 1.54) is 6.07 Å². The molecule has 0 aliphatic heterocycles. The van der Waals surface area contributed by atoms with Crippen LogP contribution in [0.4, 0.5) is 4.39 Å². The Morgan fingerprint density at radius 2 is 1.95 bits per heavy atom. The Morgan fingerprint density at radius 3 is 2.75 bits per heavy atom. The molecule has 0 saturated carbocycles. The van der Waals surface area contributed by atoms with E-state index in [0.717, 1.165) is 17.0 Å². The molecule has 0 bridgehead atoms. The Morgan fingerprint density at radius 1 is 1.10 bits per heavy atom. The fraction of sp³-hybridized carbons (Fsp3) is 0. The molecule has 1 N–H and O–H groups in total. The third-order valence-corrected chi connectivity index (χ3v) is 3.14. The summed E-state index contributed by atoms with van der Waals surface area (Å²) in [6.07, 6.45) is 1.69. The Balaban J connectivity index is 2.25. The Labute approximate surface area is 114 Å². The van der Waals surface area contributed by atoms with E-state index in [2.05, 4.69) is 4.98 Å². The number of pyridine rings is 1. The summed E-state index contributed by atoms with van der Waals surface area (Å²) in [6.45, 7) is 0. The van der Waals surface area contributed by atoms with Gasteiger partial charge in [0.1, 0.15) is 11.4 Å². The molecule has 3 aromatic rings.